The second-order valence-electron chi connectivity index (χ2n) is 3.08. The smallest absolute Gasteiger partial charge is 0.135 e. The Morgan fingerprint density at radius 3 is 2.79 bits per heavy atom. The maximum absolute atomic E-state index is 9.36. The molecule has 2 N–H and O–H groups in total. The van der Waals surface area contributed by atoms with Crippen LogP contribution < -0.4 is 0 Å². The molecule has 1 heterocycles. The van der Waals surface area contributed by atoms with E-state index in [-0.39, 0.29) is 0 Å². The first-order valence-corrected chi connectivity index (χ1v) is 5.69. The third kappa shape index (κ3) is 1.71. The maximum atomic E-state index is 9.36. The minimum atomic E-state index is -0.576. The van der Waals surface area contributed by atoms with Crippen LogP contribution in [0.5, 0.6) is 0 Å². The van der Waals surface area contributed by atoms with Gasteiger partial charge in [-0.15, -0.1) is 0 Å². The van der Waals surface area contributed by atoms with E-state index < -0.39 is 6.10 Å². The highest BCUT2D eigenvalue weighted by molar-refractivity contribution is 9.11. The summed E-state index contributed by atoms with van der Waals surface area (Å²) in [5.74, 6) is 0.582. The van der Waals surface area contributed by atoms with Gasteiger partial charge in [0.05, 0.1) is 11.0 Å². The van der Waals surface area contributed by atoms with E-state index in [1.54, 1.807) is 6.92 Å². The number of hydrogen-bond acceptors (Lipinski definition) is 2. The molecule has 5 heteroatoms. The highest BCUT2D eigenvalue weighted by Crippen LogP contribution is 2.27. The van der Waals surface area contributed by atoms with Crippen LogP contribution >= 0.6 is 31.9 Å². The van der Waals surface area contributed by atoms with Gasteiger partial charge < -0.3 is 10.1 Å². The number of fused-ring (bicyclic) bond motifs is 1. The van der Waals surface area contributed by atoms with Gasteiger partial charge in [-0.2, -0.15) is 0 Å². The number of nitrogens with zero attached hydrogens (tertiary/aromatic N) is 1. The van der Waals surface area contributed by atoms with E-state index in [1.165, 1.54) is 0 Å². The third-order valence-corrected chi connectivity index (χ3v) is 3.01. The Hall–Kier alpha value is -0.390. The van der Waals surface area contributed by atoms with Gasteiger partial charge in [0.25, 0.3) is 0 Å². The lowest BCUT2D eigenvalue weighted by Gasteiger charge is -1.95. The van der Waals surface area contributed by atoms with Gasteiger partial charge in [-0.3, -0.25) is 0 Å². The molecule has 0 aliphatic heterocycles. The van der Waals surface area contributed by atoms with Crippen molar-refractivity contribution in [3.63, 3.8) is 0 Å². The number of halogens is 2. The number of aromatic amines is 1. The van der Waals surface area contributed by atoms with Crippen molar-refractivity contribution in [2.45, 2.75) is 13.0 Å². The van der Waals surface area contributed by atoms with E-state index in [4.69, 9.17) is 0 Å². The van der Waals surface area contributed by atoms with E-state index in [0.717, 1.165) is 20.0 Å². The molecule has 0 spiro atoms. The molecule has 0 bridgehead atoms. The molecule has 1 atom stereocenters. The Labute approximate surface area is 97.8 Å². The summed E-state index contributed by atoms with van der Waals surface area (Å²) in [6.07, 6.45) is -0.576. The fraction of sp³-hybridized carbons (Fsp3) is 0.222. The van der Waals surface area contributed by atoms with Crippen molar-refractivity contribution in [1.29, 1.82) is 0 Å². The average molecular weight is 320 g/mol. The summed E-state index contributed by atoms with van der Waals surface area (Å²) in [6.45, 7) is 1.68. The Balaban J connectivity index is 2.70. The number of aromatic nitrogens is 2. The van der Waals surface area contributed by atoms with Gasteiger partial charge in [-0.05, 0) is 35.0 Å². The van der Waals surface area contributed by atoms with Crippen LogP contribution in [-0.2, 0) is 0 Å². The summed E-state index contributed by atoms with van der Waals surface area (Å²) in [5, 5.41) is 9.36. The molecule has 0 saturated carbocycles. The lowest BCUT2D eigenvalue weighted by atomic mass is 10.3. The minimum absolute atomic E-state index is 0.576. The Kier molecular flexibility index (Phi) is 2.64. The Bertz CT molecular complexity index is 479. The SMILES string of the molecule is C[C@H](O)c1nc2cc(Br)cc(Br)c2[nH]1. The van der Waals surface area contributed by atoms with Gasteiger partial charge in [0.1, 0.15) is 11.9 Å². The first-order valence-electron chi connectivity index (χ1n) is 4.10. The fourth-order valence-electron chi connectivity index (χ4n) is 1.26. The van der Waals surface area contributed by atoms with Gasteiger partial charge in [0.15, 0.2) is 0 Å². The summed E-state index contributed by atoms with van der Waals surface area (Å²) in [4.78, 5) is 7.33. The van der Waals surface area contributed by atoms with Crippen molar-refractivity contribution in [2.24, 2.45) is 0 Å². The molecular formula is C9H8Br2N2O. The average Bonchev–Trinajstić information content (AvgIpc) is 2.47. The van der Waals surface area contributed by atoms with Crippen LogP contribution in [0.2, 0.25) is 0 Å². The van der Waals surface area contributed by atoms with Crippen molar-refractivity contribution < 1.29 is 5.11 Å². The number of rotatable bonds is 1. The second-order valence-corrected chi connectivity index (χ2v) is 4.85. The highest BCUT2D eigenvalue weighted by Gasteiger charge is 2.10. The molecule has 2 rings (SSSR count). The lowest BCUT2D eigenvalue weighted by molar-refractivity contribution is 0.190. The van der Waals surface area contributed by atoms with Crippen LogP contribution in [-0.4, -0.2) is 15.1 Å². The molecule has 74 valence electrons. The van der Waals surface area contributed by atoms with Crippen LogP contribution in [0.25, 0.3) is 11.0 Å². The minimum Gasteiger partial charge on any atom is -0.385 e. The summed E-state index contributed by atoms with van der Waals surface area (Å²) in [7, 11) is 0. The summed E-state index contributed by atoms with van der Waals surface area (Å²) < 4.78 is 1.89. The van der Waals surface area contributed by atoms with E-state index >= 15 is 0 Å². The van der Waals surface area contributed by atoms with Crippen molar-refractivity contribution in [2.75, 3.05) is 0 Å². The van der Waals surface area contributed by atoms with E-state index in [0.29, 0.717) is 5.82 Å². The second kappa shape index (κ2) is 3.64. The number of hydrogen-bond donors (Lipinski definition) is 2. The first kappa shape index (κ1) is 10.1. The van der Waals surface area contributed by atoms with Crippen LogP contribution in [0.3, 0.4) is 0 Å². The zero-order chi connectivity index (χ0) is 10.3. The molecule has 0 aliphatic carbocycles. The standard InChI is InChI=1S/C9H8Br2N2O/c1-4(14)9-12-7-3-5(10)2-6(11)8(7)13-9/h2-4,14H,1H3,(H,12,13)/t4-/m0/s1. The monoisotopic (exact) mass is 318 g/mol. The third-order valence-electron chi connectivity index (χ3n) is 1.92. The Morgan fingerprint density at radius 1 is 1.43 bits per heavy atom. The predicted molar refractivity (Wildman–Crippen MR) is 62.1 cm³/mol. The molecular weight excluding hydrogens is 312 g/mol. The van der Waals surface area contributed by atoms with Gasteiger partial charge in [0.2, 0.25) is 0 Å². The number of aliphatic hydroxyl groups excluding tert-OH is 1. The van der Waals surface area contributed by atoms with Crippen molar-refractivity contribution in [1.82, 2.24) is 9.97 Å². The highest BCUT2D eigenvalue weighted by atomic mass is 79.9. The molecule has 1 aromatic heterocycles. The molecule has 0 radical (unpaired) electrons. The number of benzene rings is 1. The molecule has 3 nitrogen and oxygen atoms in total. The largest absolute Gasteiger partial charge is 0.385 e. The molecule has 0 saturated heterocycles. The number of aliphatic hydroxyl groups is 1. The predicted octanol–water partition coefficient (Wildman–Crippen LogP) is 3.14. The zero-order valence-electron chi connectivity index (χ0n) is 7.38. The zero-order valence-corrected chi connectivity index (χ0v) is 10.6. The summed E-state index contributed by atoms with van der Waals surface area (Å²) in [6, 6.07) is 3.84. The van der Waals surface area contributed by atoms with E-state index in [1.807, 2.05) is 12.1 Å². The lowest BCUT2D eigenvalue weighted by Crippen LogP contribution is -1.92. The summed E-state index contributed by atoms with van der Waals surface area (Å²) >= 11 is 6.81. The topological polar surface area (TPSA) is 48.9 Å². The quantitative estimate of drug-likeness (QED) is 0.848. The molecule has 0 fully saturated rings. The normalized spacial score (nSPS) is 13.4. The fourth-order valence-corrected chi connectivity index (χ4v) is 2.56. The summed E-state index contributed by atoms with van der Waals surface area (Å²) in [5.41, 5.74) is 1.74. The van der Waals surface area contributed by atoms with Crippen molar-refractivity contribution in [3.8, 4) is 0 Å². The van der Waals surface area contributed by atoms with Crippen LogP contribution in [0.15, 0.2) is 21.1 Å². The molecule has 1 aromatic carbocycles. The van der Waals surface area contributed by atoms with Gasteiger partial charge in [0, 0.05) is 8.95 Å². The Morgan fingerprint density at radius 2 is 2.14 bits per heavy atom. The maximum Gasteiger partial charge on any atom is 0.135 e. The number of imidazole rings is 1. The molecule has 14 heavy (non-hydrogen) atoms. The molecule has 0 unspecified atom stereocenters. The van der Waals surface area contributed by atoms with Crippen molar-refractivity contribution >= 4 is 42.9 Å². The number of H-pyrrole nitrogens is 1. The van der Waals surface area contributed by atoms with Crippen molar-refractivity contribution in [3.05, 3.63) is 26.9 Å². The van der Waals surface area contributed by atoms with Gasteiger partial charge in [-0.25, -0.2) is 4.98 Å². The number of nitrogens with one attached hydrogen (secondary N) is 1. The molecule has 0 amide bonds. The van der Waals surface area contributed by atoms with E-state index in [2.05, 4.69) is 41.8 Å². The molecule has 2 aromatic rings. The van der Waals surface area contributed by atoms with Gasteiger partial charge in [-0.1, -0.05) is 15.9 Å². The van der Waals surface area contributed by atoms with Crippen LogP contribution in [0.4, 0.5) is 0 Å². The molecule has 0 aliphatic rings. The van der Waals surface area contributed by atoms with Gasteiger partial charge >= 0.3 is 0 Å². The van der Waals surface area contributed by atoms with Crippen LogP contribution in [0.1, 0.15) is 18.9 Å². The first-order chi connectivity index (χ1) is 6.58. The van der Waals surface area contributed by atoms with Crippen LogP contribution in [0, 0.1) is 0 Å². The van der Waals surface area contributed by atoms with E-state index in [9.17, 15) is 5.11 Å².